The highest BCUT2D eigenvalue weighted by molar-refractivity contribution is 7.89. The number of benzene rings is 3. The van der Waals surface area contributed by atoms with Gasteiger partial charge in [-0.1, -0.05) is 42.5 Å². The number of morpholine rings is 1. The van der Waals surface area contributed by atoms with Gasteiger partial charge in [-0.3, -0.25) is 4.79 Å². The maximum absolute atomic E-state index is 13.1. The molecule has 34 heavy (non-hydrogen) atoms. The van der Waals surface area contributed by atoms with E-state index in [1.54, 1.807) is 60.7 Å². The van der Waals surface area contributed by atoms with Gasteiger partial charge in [0.15, 0.2) is 0 Å². The van der Waals surface area contributed by atoms with Crippen molar-refractivity contribution in [1.29, 1.82) is 0 Å². The molecule has 0 aliphatic carbocycles. The fraction of sp³-hybridized carbons (Fsp3) is 0.240. The summed E-state index contributed by atoms with van der Waals surface area (Å²) in [6.45, 7) is 1.50. The minimum Gasteiger partial charge on any atom is -0.488 e. The van der Waals surface area contributed by atoms with Gasteiger partial charge in [-0.15, -0.1) is 0 Å². The average molecular weight is 485 g/mol. The molecule has 1 amide bonds. The number of ether oxygens (including phenoxy) is 2. The zero-order valence-corrected chi connectivity index (χ0v) is 19.3. The Morgan fingerprint density at radius 1 is 0.971 bits per heavy atom. The third kappa shape index (κ3) is 5.61. The number of nitrogens with zero attached hydrogens (tertiary/aromatic N) is 1. The molecule has 0 unspecified atom stereocenters. The van der Waals surface area contributed by atoms with Crippen LogP contribution in [0.1, 0.15) is 21.5 Å². The predicted octanol–water partition coefficient (Wildman–Crippen LogP) is 3.36. The summed E-state index contributed by atoms with van der Waals surface area (Å²) in [4.78, 5) is 13.1. The van der Waals surface area contributed by atoms with Gasteiger partial charge in [0, 0.05) is 19.6 Å². The van der Waals surface area contributed by atoms with Crippen molar-refractivity contribution in [2.75, 3.05) is 26.3 Å². The van der Waals surface area contributed by atoms with Crippen LogP contribution in [0.3, 0.4) is 0 Å². The lowest BCUT2D eigenvalue weighted by molar-refractivity contribution is 0.0730. The molecule has 4 rings (SSSR count). The molecular formula is C25H25FN2O5S. The average Bonchev–Trinajstić information content (AvgIpc) is 2.88. The molecule has 1 aliphatic rings. The summed E-state index contributed by atoms with van der Waals surface area (Å²) >= 11 is 0. The lowest BCUT2D eigenvalue weighted by Gasteiger charge is -2.27. The first-order valence-electron chi connectivity index (χ1n) is 10.9. The van der Waals surface area contributed by atoms with Crippen molar-refractivity contribution in [1.82, 2.24) is 9.62 Å². The molecule has 3 aromatic rings. The van der Waals surface area contributed by atoms with Crippen LogP contribution < -0.4 is 10.1 Å². The predicted molar refractivity (Wildman–Crippen MR) is 124 cm³/mol. The highest BCUT2D eigenvalue weighted by Gasteiger charge is 2.28. The van der Waals surface area contributed by atoms with Crippen LogP contribution >= 0.6 is 0 Å². The van der Waals surface area contributed by atoms with Crippen LogP contribution in [0.2, 0.25) is 0 Å². The number of amides is 1. The fourth-order valence-corrected chi connectivity index (χ4v) is 5.25. The maximum atomic E-state index is 13.1. The number of hydrogen-bond acceptors (Lipinski definition) is 5. The molecule has 178 valence electrons. The van der Waals surface area contributed by atoms with Gasteiger partial charge in [0.1, 0.15) is 18.2 Å². The smallest absolute Gasteiger partial charge is 0.255 e. The number of nitrogens with one attached hydrogen (secondary N) is 1. The molecule has 0 radical (unpaired) electrons. The van der Waals surface area contributed by atoms with Crippen molar-refractivity contribution in [3.63, 3.8) is 0 Å². The molecule has 1 fully saturated rings. The maximum Gasteiger partial charge on any atom is 0.255 e. The van der Waals surface area contributed by atoms with Crippen LogP contribution in [0.4, 0.5) is 4.39 Å². The first kappa shape index (κ1) is 23.9. The minimum atomic E-state index is -3.71. The van der Waals surface area contributed by atoms with E-state index in [4.69, 9.17) is 9.47 Å². The van der Waals surface area contributed by atoms with Gasteiger partial charge in [-0.05, 0) is 41.5 Å². The second kappa shape index (κ2) is 10.8. The zero-order chi connectivity index (χ0) is 24.0. The topological polar surface area (TPSA) is 84.9 Å². The zero-order valence-electron chi connectivity index (χ0n) is 18.4. The van der Waals surface area contributed by atoms with E-state index in [9.17, 15) is 17.6 Å². The van der Waals surface area contributed by atoms with Crippen LogP contribution in [-0.2, 0) is 27.9 Å². The Balaban J connectivity index is 1.46. The molecule has 1 heterocycles. The van der Waals surface area contributed by atoms with E-state index >= 15 is 0 Å². The Bertz CT molecular complexity index is 1240. The van der Waals surface area contributed by atoms with E-state index < -0.39 is 15.9 Å². The van der Waals surface area contributed by atoms with Crippen molar-refractivity contribution in [3.8, 4) is 5.75 Å². The minimum absolute atomic E-state index is 0.0326. The van der Waals surface area contributed by atoms with E-state index in [0.717, 1.165) is 5.56 Å². The molecule has 0 bridgehead atoms. The van der Waals surface area contributed by atoms with Crippen LogP contribution in [0.15, 0.2) is 77.7 Å². The molecule has 1 saturated heterocycles. The van der Waals surface area contributed by atoms with E-state index in [1.165, 1.54) is 16.4 Å². The van der Waals surface area contributed by atoms with E-state index in [0.29, 0.717) is 43.2 Å². The number of hydrogen-bond donors (Lipinski definition) is 1. The van der Waals surface area contributed by atoms with Gasteiger partial charge in [0.05, 0.1) is 23.7 Å². The standard InChI is InChI=1S/C25H25FN2O5S/c26-21-11-9-19(10-12-21)18-33-23-7-3-2-6-22(23)25(29)27-17-20-5-1-4-8-24(20)34(30,31)28-13-15-32-16-14-28/h1-12H,13-18H2,(H,27,29). The first-order valence-corrected chi connectivity index (χ1v) is 12.3. The van der Waals surface area contributed by atoms with Gasteiger partial charge in [0.2, 0.25) is 10.0 Å². The Labute approximate surface area is 198 Å². The highest BCUT2D eigenvalue weighted by atomic mass is 32.2. The fourth-order valence-electron chi connectivity index (χ4n) is 3.62. The van der Waals surface area contributed by atoms with E-state index in [2.05, 4.69) is 5.32 Å². The summed E-state index contributed by atoms with van der Waals surface area (Å²) in [6.07, 6.45) is 0. The Morgan fingerprint density at radius 2 is 1.65 bits per heavy atom. The molecule has 1 N–H and O–H groups in total. The second-order valence-electron chi connectivity index (χ2n) is 7.72. The van der Waals surface area contributed by atoms with Crippen LogP contribution in [-0.4, -0.2) is 44.9 Å². The van der Waals surface area contributed by atoms with Gasteiger partial charge >= 0.3 is 0 Å². The number of para-hydroxylation sites is 1. The lowest BCUT2D eigenvalue weighted by Crippen LogP contribution is -2.41. The van der Waals surface area contributed by atoms with Crippen LogP contribution in [0, 0.1) is 5.82 Å². The Kier molecular flexibility index (Phi) is 7.56. The van der Waals surface area contributed by atoms with Crippen molar-refractivity contribution < 1.29 is 27.1 Å². The molecule has 1 aliphatic heterocycles. The second-order valence-corrected chi connectivity index (χ2v) is 9.62. The van der Waals surface area contributed by atoms with Gasteiger partial charge in [0.25, 0.3) is 5.91 Å². The molecule has 0 spiro atoms. The normalized spacial score (nSPS) is 14.5. The summed E-state index contributed by atoms with van der Waals surface area (Å²) in [7, 11) is -3.71. The lowest BCUT2D eigenvalue weighted by atomic mass is 10.1. The first-order chi connectivity index (χ1) is 16.4. The third-order valence-electron chi connectivity index (χ3n) is 5.44. The summed E-state index contributed by atoms with van der Waals surface area (Å²) < 4.78 is 51.8. The summed E-state index contributed by atoms with van der Waals surface area (Å²) in [5.41, 5.74) is 1.57. The molecule has 9 heteroatoms. The largest absolute Gasteiger partial charge is 0.488 e. The molecular weight excluding hydrogens is 459 g/mol. The number of halogens is 1. The molecule has 7 nitrogen and oxygen atoms in total. The Hall–Kier alpha value is -3.27. The van der Waals surface area contributed by atoms with Gasteiger partial charge < -0.3 is 14.8 Å². The van der Waals surface area contributed by atoms with Crippen LogP contribution in [0.5, 0.6) is 5.75 Å². The highest BCUT2D eigenvalue weighted by Crippen LogP contribution is 2.23. The molecule has 0 aromatic heterocycles. The molecule has 3 aromatic carbocycles. The quantitative estimate of drug-likeness (QED) is 0.530. The SMILES string of the molecule is O=C(NCc1ccccc1S(=O)(=O)N1CCOCC1)c1ccccc1OCc1ccc(F)cc1. The number of carbonyl (C=O) groups excluding carboxylic acids is 1. The third-order valence-corrected chi connectivity index (χ3v) is 7.44. The monoisotopic (exact) mass is 484 g/mol. The van der Waals surface area contributed by atoms with Gasteiger partial charge in [-0.2, -0.15) is 4.31 Å². The van der Waals surface area contributed by atoms with Crippen molar-refractivity contribution in [3.05, 3.63) is 95.3 Å². The van der Waals surface area contributed by atoms with Crippen molar-refractivity contribution >= 4 is 15.9 Å². The van der Waals surface area contributed by atoms with Crippen molar-refractivity contribution in [2.24, 2.45) is 0 Å². The van der Waals surface area contributed by atoms with E-state index in [1.807, 2.05) is 0 Å². The molecule has 0 atom stereocenters. The number of carbonyl (C=O) groups is 1. The summed E-state index contributed by atoms with van der Waals surface area (Å²) in [5, 5.41) is 2.80. The van der Waals surface area contributed by atoms with Crippen molar-refractivity contribution in [2.45, 2.75) is 18.0 Å². The van der Waals surface area contributed by atoms with Gasteiger partial charge in [-0.25, -0.2) is 12.8 Å². The Morgan fingerprint density at radius 3 is 2.41 bits per heavy atom. The number of sulfonamides is 1. The van der Waals surface area contributed by atoms with E-state index in [-0.39, 0.29) is 23.9 Å². The number of rotatable bonds is 8. The summed E-state index contributed by atoms with van der Waals surface area (Å²) in [6, 6.07) is 19.3. The summed E-state index contributed by atoms with van der Waals surface area (Å²) in [5.74, 6) is -0.355. The van der Waals surface area contributed by atoms with Crippen LogP contribution in [0.25, 0.3) is 0 Å². The molecule has 0 saturated carbocycles.